The second-order valence-corrected chi connectivity index (χ2v) is 4.73. The molecular weight excluding hydrogens is 246 g/mol. The predicted octanol–water partition coefficient (Wildman–Crippen LogP) is -0.352. The smallest absolute Gasteiger partial charge is 0.248 e. The highest BCUT2D eigenvalue weighted by atomic mass is 16.3. The Morgan fingerprint density at radius 3 is 2.47 bits per heavy atom. The molecule has 1 aromatic carbocycles. The van der Waals surface area contributed by atoms with Crippen LogP contribution in [0.5, 0.6) is 0 Å². The lowest BCUT2D eigenvalue weighted by Gasteiger charge is -2.37. The minimum Gasteiger partial charge on any atom is -0.396 e. The fraction of sp³-hybridized carbons (Fsp3) is 0.385. The first kappa shape index (κ1) is 13.5. The van der Waals surface area contributed by atoms with E-state index in [-0.39, 0.29) is 12.5 Å². The van der Waals surface area contributed by atoms with Crippen molar-refractivity contribution < 1.29 is 14.7 Å². The van der Waals surface area contributed by atoms with Crippen molar-refractivity contribution in [2.45, 2.75) is 0 Å². The third-order valence-corrected chi connectivity index (χ3v) is 3.11. The van der Waals surface area contributed by atoms with Crippen LogP contribution in [0.25, 0.3) is 0 Å². The summed E-state index contributed by atoms with van der Waals surface area (Å²) in [6, 6.07) is 6.43. The molecular formula is C13H17N3O3. The van der Waals surface area contributed by atoms with Crippen LogP contribution < -0.4 is 11.1 Å². The summed E-state index contributed by atoms with van der Waals surface area (Å²) in [5, 5.41) is 11.6. The minimum atomic E-state index is -0.492. The van der Waals surface area contributed by atoms with Crippen LogP contribution in [-0.2, 0) is 4.79 Å². The Balaban J connectivity index is 1.80. The molecule has 1 fully saturated rings. The number of carbonyl (C=O) groups excluding carboxylic acids is 2. The number of carbonyl (C=O) groups is 2. The average Bonchev–Trinajstić information content (AvgIpc) is 2.33. The Hall–Kier alpha value is -1.92. The van der Waals surface area contributed by atoms with Crippen LogP contribution in [0.15, 0.2) is 24.3 Å². The van der Waals surface area contributed by atoms with Crippen LogP contribution in [0.2, 0.25) is 0 Å². The molecule has 2 rings (SSSR count). The van der Waals surface area contributed by atoms with E-state index in [1.54, 1.807) is 24.3 Å². The number of amides is 2. The highest BCUT2D eigenvalue weighted by molar-refractivity contribution is 5.95. The number of rotatable bonds is 5. The topological polar surface area (TPSA) is 95.7 Å². The normalized spacial score (nSPS) is 15.8. The summed E-state index contributed by atoms with van der Waals surface area (Å²) < 4.78 is 0. The fourth-order valence-electron chi connectivity index (χ4n) is 2.04. The van der Waals surface area contributed by atoms with Gasteiger partial charge in [0.2, 0.25) is 11.8 Å². The van der Waals surface area contributed by atoms with E-state index in [4.69, 9.17) is 10.8 Å². The lowest BCUT2D eigenvalue weighted by Crippen LogP contribution is -2.51. The first-order valence-corrected chi connectivity index (χ1v) is 6.11. The van der Waals surface area contributed by atoms with Crippen molar-refractivity contribution in [3.8, 4) is 0 Å². The van der Waals surface area contributed by atoms with Gasteiger partial charge >= 0.3 is 0 Å². The zero-order valence-electron chi connectivity index (χ0n) is 10.5. The summed E-state index contributed by atoms with van der Waals surface area (Å²) in [5.41, 5.74) is 6.17. The molecule has 0 radical (unpaired) electrons. The Labute approximate surface area is 111 Å². The predicted molar refractivity (Wildman–Crippen MR) is 70.6 cm³/mol. The Morgan fingerprint density at radius 2 is 1.95 bits per heavy atom. The molecule has 0 saturated carbocycles. The maximum Gasteiger partial charge on any atom is 0.248 e. The van der Waals surface area contributed by atoms with Gasteiger partial charge in [-0.15, -0.1) is 0 Å². The number of anilines is 1. The van der Waals surface area contributed by atoms with Crippen LogP contribution in [0, 0.1) is 5.92 Å². The van der Waals surface area contributed by atoms with Gasteiger partial charge in [0.15, 0.2) is 0 Å². The van der Waals surface area contributed by atoms with Crippen molar-refractivity contribution in [3.63, 3.8) is 0 Å². The minimum absolute atomic E-state index is 0.108. The molecule has 0 bridgehead atoms. The number of aliphatic hydroxyl groups is 1. The van der Waals surface area contributed by atoms with E-state index in [9.17, 15) is 9.59 Å². The molecule has 102 valence electrons. The molecule has 0 aromatic heterocycles. The molecule has 1 saturated heterocycles. The third kappa shape index (κ3) is 3.52. The second kappa shape index (κ2) is 5.81. The van der Waals surface area contributed by atoms with Crippen LogP contribution in [-0.4, -0.2) is 48.1 Å². The molecule has 1 aliphatic rings. The van der Waals surface area contributed by atoms with Gasteiger partial charge in [0.25, 0.3) is 0 Å². The first-order valence-electron chi connectivity index (χ1n) is 6.11. The van der Waals surface area contributed by atoms with Crippen molar-refractivity contribution in [1.29, 1.82) is 0 Å². The zero-order chi connectivity index (χ0) is 13.8. The van der Waals surface area contributed by atoms with Gasteiger partial charge in [-0.3, -0.25) is 14.5 Å². The van der Waals surface area contributed by atoms with E-state index in [0.717, 1.165) is 13.1 Å². The monoisotopic (exact) mass is 263 g/mol. The van der Waals surface area contributed by atoms with E-state index in [0.29, 0.717) is 23.7 Å². The summed E-state index contributed by atoms with van der Waals surface area (Å²) in [7, 11) is 0. The number of benzene rings is 1. The van der Waals surface area contributed by atoms with Gasteiger partial charge in [0.1, 0.15) is 0 Å². The number of likely N-dealkylation sites (tertiary alicyclic amines) is 1. The fourth-order valence-corrected chi connectivity index (χ4v) is 2.04. The summed E-state index contributed by atoms with van der Waals surface area (Å²) in [6.07, 6.45) is 0. The van der Waals surface area contributed by atoms with Crippen molar-refractivity contribution in [1.82, 2.24) is 4.90 Å². The van der Waals surface area contributed by atoms with Gasteiger partial charge < -0.3 is 16.2 Å². The van der Waals surface area contributed by atoms with Crippen molar-refractivity contribution >= 4 is 17.5 Å². The van der Waals surface area contributed by atoms with Crippen molar-refractivity contribution in [2.24, 2.45) is 11.7 Å². The van der Waals surface area contributed by atoms with Gasteiger partial charge in [-0.25, -0.2) is 0 Å². The standard InChI is InChI=1S/C13H17N3O3/c14-13(19)10-1-3-11(4-2-10)15-12(18)7-16-5-9(6-16)8-17/h1-4,9,17H,5-8H2,(H2,14,19)(H,15,18). The van der Waals surface area contributed by atoms with Crippen LogP contribution >= 0.6 is 0 Å². The second-order valence-electron chi connectivity index (χ2n) is 4.73. The van der Waals surface area contributed by atoms with Crippen molar-refractivity contribution in [3.05, 3.63) is 29.8 Å². The number of hydrogen-bond donors (Lipinski definition) is 3. The zero-order valence-corrected chi connectivity index (χ0v) is 10.5. The number of hydrogen-bond acceptors (Lipinski definition) is 4. The maximum atomic E-state index is 11.7. The van der Waals surface area contributed by atoms with E-state index < -0.39 is 5.91 Å². The Kier molecular flexibility index (Phi) is 4.13. The van der Waals surface area contributed by atoms with Crippen LogP contribution in [0.1, 0.15) is 10.4 Å². The number of primary amides is 1. The maximum absolute atomic E-state index is 11.7. The third-order valence-electron chi connectivity index (χ3n) is 3.11. The van der Waals surface area contributed by atoms with E-state index in [1.807, 2.05) is 4.90 Å². The molecule has 0 unspecified atom stereocenters. The highest BCUT2D eigenvalue weighted by Crippen LogP contribution is 2.14. The lowest BCUT2D eigenvalue weighted by molar-refractivity contribution is -0.119. The van der Waals surface area contributed by atoms with E-state index >= 15 is 0 Å². The van der Waals surface area contributed by atoms with Crippen LogP contribution in [0.4, 0.5) is 5.69 Å². The van der Waals surface area contributed by atoms with E-state index in [1.165, 1.54) is 0 Å². The number of nitrogens with one attached hydrogen (secondary N) is 1. The van der Waals surface area contributed by atoms with Gasteiger partial charge in [-0.05, 0) is 24.3 Å². The number of nitrogens with zero attached hydrogens (tertiary/aromatic N) is 1. The quantitative estimate of drug-likeness (QED) is 0.676. The number of aliphatic hydroxyl groups excluding tert-OH is 1. The van der Waals surface area contributed by atoms with Gasteiger partial charge in [-0.2, -0.15) is 0 Å². The number of nitrogens with two attached hydrogens (primary N) is 1. The average molecular weight is 263 g/mol. The lowest BCUT2D eigenvalue weighted by atomic mass is 10.0. The largest absolute Gasteiger partial charge is 0.396 e. The van der Waals surface area contributed by atoms with Crippen molar-refractivity contribution in [2.75, 3.05) is 31.6 Å². The molecule has 6 nitrogen and oxygen atoms in total. The van der Waals surface area contributed by atoms with E-state index in [2.05, 4.69) is 5.32 Å². The molecule has 0 atom stereocenters. The molecule has 0 spiro atoms. The highest BCUT2D eigenvalue weighted by Gasteiger charge is 2.27. The molecule has 0 aliphatic carbocycles. The van der Waals surface area contributed by atoms with Gasteiger partial charge in [0.05, 0.1) is 6.54 Å². The molecule has 2 amide bonds. The summed E-state index contributed by atoms with van der Waals surface area (Å²) in [4.78, 5) is 24.6. The summed E-state index contributed by atoms with van der Waals surface area (Å²) in [5.74, 6) is -0.306. The Morgan fingerprint density at radius 1 is 1.32 bits per heavy atom. The molecule has 1 aromatic rings. The summed E-state index contributed by atoms with van der Waals surface area (Å²) in [6.45, 7) is 2.00. The summed E-state index contributed by atoms with van der Waals surface area (Å²) >= 11 is 0. The molecule has 4 N–H and O–H groups in total. The molecule has 19 heavy (non-hydrogen) atoms. The molecule has 1 heterocycles. The molecule has 6 heteroatoms. The van der Waals surface area contributed by atoms with Gasteiger partial charge in [0, 0.05) is 36.9 Å². The Bertz CT molecular complexity index is 467. The van der Waals surface area contributed by atoms with Gasteiger partial charge in [-0.1, -0.05) is 0 Å². The molecule has 1 aliphatic heterocycles. The SMILES string of the molecule is NC(=O)c1ccc(NC(=O)CN2CC(CO)C2)cc1. The first-order chi connectivity index (χ1) is 9.08. The van der Waals surface area contributed by atoms with Crippen LogP contribution in [0.3, 0.4) is 0 Å².